The molecule has 0 saturated carbocycles. The highest BCUT2D eigenvalue weighted by Gasteiger charge is 2.13. The van der Waals surface area contributed by atoms with Crippen LogP contribution in [0.4, 0.5) is 4.39 Å². The molecule has 0 saturated heterocycles. The third-order valence-electron chi connectivity index (χ3n) is 3.17. The number of fused-ring (bicyclic) bond motifs is 1. The lowest BCUT2D eigenvalue weighted by molar-refractivity contribution is 0.491. The second-order valence-electron chi connectivity index (χ2n) is 4.57. The molecule has 0 amide bonds. The number of nitrogens with one attached hydrogen (secondary N) is 1. The van der Waals surface area contributed by atoms with Gasteiger partial charge in [-0.2, -0.15) is 0 Å². The molecule has 0 aliphatic carbocycles. The van der Waals surface area contributed by atoms with E-state index in [1.165, 1.54) is 12.5 Å². The number of aromatic nitrogens is 2. The lowest BCUT2D eigenvalue weighted by atomic mass is 10.1. The quantitative estimate of drug-likeness (QED) is 0.749. The van der Waals surface area contributed by atoms with Crippen molar-refractivity contribution in [2.24, 2.45) is 0 Å². The predicted octanol–water partition coefficient (Wildman–Crippen LogP) is 5.35. The van der Waals surface area contributed by atoms with Gasteiger partial charge in [-0.3, -0.25) is 0 Å². The van der Waals surface area contributed by atoms with Gasteiger partial charge in [0.2, 0.25) is 0 Å². The van der Waals surface area contributed by atoms with E-state index >= 15 is 0 Å². The van der Waals surface area contributed by atoms with Gasteiger partial charge in [0.05, 0.1) is 15.5 Å². The molecule has 0 fully saturated rings. The van der Waals surface area contributed by atoms with Gasteiger partial charge in [-0.1, -0.05) is 19.8 Å². The van der Waals surface area contributed by atoms with Crippen LogP contribution in [0.3, 0.4) is 0 Å². The van der Waals surface area contributed by atoms with Crippen molar-refractivity contribution in [1.29, 1.82) is 0 Å². The Kier molecular flexibility index (Phi) is 4.22. The highest BCUT2D eigenvalue weighted by atomic mass is 79.9. The summed E-state index contributed by atoms with van der Waals surface area (Å²) in [4.78, 5) is 3.07. The highest BCUT2D eigenvalue weighted by Crippen LogP contribution is 2.27. The SMILES string of the molecule is CCCCC(C)n1c(=S)[nH]c2cc(F)c(Br)cc21. The monoisotopic (exact) mass is 330 g/mol. The van der Waals surface area contributed by atoms with Gasteiger partial charge in [0, 0.05) is 12.1 Å². The molecule has 2 aromatic rings. The summed E-state index contributed by atoms with van der Waals surface area (Å²) in [5.74, 6) is -0.271. The van der Waals surface area contributed by atoms with Gasteiger partial charge >= 0.3 is 0 Å². The molecule has 2 nitrogen and oxygen atoms in total. The zero-order valence-corrected chi connectivity index (χ0v) is 12.9. The summed E-state index contributed by atoms with van der Waals surface area (Å²) in [6.45, 7) is 4.32. The molecule has 2 rings (SSSR count). The summed E-state index contributed by atoms with van der Waals surface area (Å²) in [7, 11) is 0. The molecule has 98 valence electrons. The minimum atomic E-state index is -0.271. The van der Waals surface area contributed by atoms with Crippen LogP contribution in [0.1, 0.15) is 39.2 Å². The van der Waals surface area contributed by atoms with Crippen molar-refractivity contribution >= 4 is 39.2 Å². The number of benzene rings is 1. The van der Waals surface area contributed by atoms with E-state index < -0.39 is 0 Å². The maximum Gasteiger partial charge on any atom is 0.178 e. The molecule has 1 heterocycles. The van der Waals surface area contributed by atoms with Gasteiger partial charge in [-0.15, -0.1) is 0 Å². The molecular formula is C13H16BrFN2S. The summed E-state index contributed by atoms with van der Waals surface area (Å²) in [6.07, 6.45) is 3.41. The first kappa shape index (κ1) is 13.7. The van der Waals surface area contributed by atoms with Crippen molar-refractivity contribution in [3.63, 3.8) is 0 Å². The fraction of sp³-hybridized carbons (Fsp3) is 0.462. The molecule has 0 aliphatic rings. The summed E-state index contributed by atoms with van der Waals surface area (Å²) in [6, 6.07) is 3.60. The van der Waals surface area contributed by atoms with E-state index in [-0.39, 0.29) is 5.82 Å². The topological polar surface area (TPSA) is 20.7 Å². The standard InChI is InChI=1S/C13H16BrFN2S/c1-3-4-5-8(2)17-12-6-9(14)10(15)7-11(12)16-13(17)18/h6-8H,3-5H2,1-2H3,(H,16,18). The lowest BCUT2D eigenvalue weighted by Crippen LogP contribution is -2.05. The van der Waals surface area contributed by atoms with Gasteiger partial charge in [0.25, 0.3) is 0 Å². The molecule has 1 aromatic heterocycles. The van der Waals surface area contributed by atoms with Crippen LogP contribution in [-0.4, -0.2) is 9.55 Å². The van der Waals surface area contributed by atoms with Crippen molar-refractivity contribution in [2.45, 2.75) is 39.2 Å². The van der Waals surface area contributed by atoms with Crippen molar-refractivity contribution in [2.75, 3.05) is 0 Å². The number of halogens is 2. The van der Waals surface area contributed by atoms with E-state index in [1.54, 1.807) is 6.07 Å². The van der Waals surface area contributed by atoms with E-state index in [2.05, 4.69) is 39.3 Å². The molecule has 5 heteroatoms. The molecule has 0 aliphatic heterocycles. The number of hydrogen-bond acceptors (Lipinski definition) is 1. The summed E-state index contributed by atoms with van der Waals surface area (Å²) in [5, 5.41) is 0. The van der Waals surface area contributed by atoms with E-state index in [0.717, 1.165) is 23.9 Å². The van der Waals surface area contributed by atoms with Crippen LogP contribution in [0.5, 0.6) is 0 Å². The number of rotatable bonds is 4. The minimum absolute atomic E-state index is 0.271. The highest BCUT2D eigenvalue weighted by molar-refractivity contribution is 9.10. The third-order valence-corrected chi connectivity index (χ3v) is 4.08. The third kappa shape index (κ3) is 2.52. The predicted molar refractivity (Wildman–Crippen MR) is 79.0 cm³/mol. The van der Waals surface area contributed by atoms with E-state index in [1.807, 2.05) is 0 Å². The first-order valence-electron chi connectivity index (χ1n) is 6.13. The smallest absolute Gasteiger partial charge is 0.178 e. The Morgan fingerprint density at radius 3 is 2.89 bits per heavy atom. The zero-order chi connectivity index (χ0) is 13.3. The fourth-order valence-corrected chi connectivity index (χ4v) is 2.91. The van der Waals surface area contributed by atoms with E-state index in [4.69, 9.17) is 12.2 Å². The molecule has 0 bridgehead atoms. The Balaban J connectivity index is 2.53. The van der Waals surface area contributed by atoms with Crippen LogP contribution in [-0.2, 0) is 0 Å². The molecule has 1 atom stereocenters. The first-order chi connectivity index (χ1) is 8.54. The number of unbranched alkanes of at least 4 members (excludes halogenated alkanes) is 1. The molecule has 1 aromatic carbocycles. The Bertz CT molecular complexity index is 617. The summed E-state index contributed by atoms with van der Waals surface area (Å²) >= 11 is 8.56. The van der Waals surface area contributed by atoms with Crippen molar-refractivity contribution < 1.29 is 4.39 Å². The Morgan fingerprint density at radius 1 is 1.50 bits per heavy atom. The second-order valence-corrected chi connectivity index (χ2v) is 5.82. The number of H-pyrrole nitrogens is 1. The Hall–Kier alpha value is -0.680. The number of imidazole rings is 1. The number of aromatic amines is 1. The van der Waals surface area contributed by atoms with Crippen molar-refractivity contribution in [3.05, 3.63) is 27.2 Å². The molecule has 1 N–H and O–H groups in total. The van der Waals surface area contributed by atoms with Crippen LogP contribution in [0.2, 0.25) is 0 Å². The fourth-order valence-electron chi connectivity index (χ4n) is 2.19. The maximum absolute atomic E-state index is 13.5. The van der Waals surface area contributed by atoms with Gasteiger partial charge in [0.15, 0.2) is 4.77 Å². The van der Waals surface area contributed by atoms with Gasteiger partial charge in [-0.25, -0.2) is 4.39 Å². The van der Waals surface area contributed by atoms with Crippen molar-refractivity contribution in [3.8, 4) is 0 Å². The minimum Gasteiger partial charge on any atom is -0.330 e. The van der Waals surface area contributed by atoms with Crippen molar-refractivity contribution in [1.82, 2.24) is 9.55 Å². The first-order valence-corrected chi connectivity index (χ1v) is 7.34. The van der Waals surface area contributed by atoms with Gasteiger partial charge < -0.3 is 9.55 Å². The van der Waals surface area contributed by atoms with E-state index in [9.17, 15) is 4.39 Å². The van der Waals surface area contributed by atoms with Crippen LogP contribution in [0.25, 0.3) is 11.0 Å². The van der Waals surface area contributed by atoms with Gasteiger partial charge in [0.1, 0.15) is 5.82 Å². The van der Waals surface area contributed by atoms with Crippen LogP contribution in [0.15, 0.2) is 16.6 Å². The summed E-state index contributed by atoms with van der Waals surface area (Å²) < 4.78 is 16.7. The Labute approximate surface area is 119 Å². The maximum atomic E-state index is 13.5. The van der Waals surface area contributed by atoms with Crippen LogP contribution >= 0.6 is 28.1 Å². The number of hydrogen-bond donors (Lipinski definition) is 1. The Morgan fingerprint density at radius 2 is 2.22 bits per heavy atom. The largest absolute Gasteiger partial charge is 0.330 e. The lowest BCUT2D eigenvalue weighted by Gasteiger charge is -2.14. The summed E-state index contributed by atoms with van der Waals surface area (Å²) in [5.41, 5.74) is 1.71. The molecular weight excluding hydrogens is 315 g/mol. The normalized spacial score (nSPS) is 13.1. The molecule has 0 radical (unpaired) electrons. The average Bonchev–Trinajstić information content (AvgIpc) is 2.62. The molecule has 18 heavy (non-hydrogen) atoms. The molecule has 0 spiro atoms. The van der Waals surface area contributed by atoms with E-state index in [0.29, 0.717) is 15.3 Å². The van der Waals surface area contributed by atoms with Crippen LogP contribution < -0.4 is 0 Å². The number of nitrogens with zero attached hydrogens (tertiary/aromatic N) is 1. The zero-order valence-electron chi connectivity index (χ0n) is 10.5. The van der Waals surface area contributed by atoms with Gasteiger partial charge in [-0.05, 0) is 47.6 Å². The second kappa shape index (κ2) is 5.53. The van der Waals surface area contributed by atoms with Crippen LogP contribution in [0, 0.1) is 10.6 Å². The average molecular weight is 331 g/mol. The molecule has 1 unspecified atom stereocenters.